The van der Waals surface area contributed by atoms with Crippen LogP contribution in [0.1, 0.15) is 6.42 Å². The summed E-state index contributed by atoms with van der Waals surface area (Å²) in [6.07, 6.45) is -0.0846. The molecular weight excluding hydrogens is 108 g/mol. The van der Waals surface area contributed by atoms with Gasteiger partial charge in [0.05, 0.1) is 0 Å². The fraction of sp³-hybridized carbons (Fsp3) is 0.750. The Labute approximate surface area is 46.8 Å². The minimum Gasteiger partial charge on any atom is -0.445 e. The van der Waals surface area contributed by atoms with Crippen LogP contribution in [-0.4, -0.2) is 18.2 Å². The number of rotatable bonds is 1. The number of nitrogens with two attached hydrogens (primary N) is 2. The lowest BCUT2D eigenvalue weighted by Crippen LogP contribution is -2.18. The summed E-state index contributed by atoms with van der Waals surface area (Å²) in [7, 11) is 0. The number of hydrogen-bond acceptors (Lipinski definition) is 3. The average molecular weight is 116 g/mol. The van der Waals surface area contributed by atoms with E-state index in [-0.39, 0.29) is 12.1 Å². The molecule has 1 fully saturated rings. The van der Waals surface area contributed by atoms with E-state index in [9.17, 15) is 4.79 Å². The maximum Gasteiger partial charge on any atom is 0.404 e. The first kappa shape index (κ1) is 5.37. The summed E-state index contributed by atoms with van der Waals surface area (Å²) in [5.41, 5.74) is 9.96. The molecule has 1 saturated carbocycles. The third-order valence-corrected chi connectivity index (χ3v) is 1.05. The molecule has 0 aromatic rings. The Bertz CT molecular complexity index is 115. The van der Waals surface area contributed by atoms with E-state index in [0.29, 0.717) is 0 Å². The summed E-state index contributed by atoms with van der Waals surface area (Å²) < 4.78 is 4.49. The van der Waals surface area contributed by atoms with Crippen LogP contribution in [0, 0.1) is 0 Å². The maximum absolute atomic E-state index is 9.94. The summed E-state index contributed by atoms with van der Waals surface area (Å²) in [4.78, 5) is 9.94. The molecule has 0 bridgehead atoms. The summed E-state index contributed by atoms with van der Waals surface area (Å²) >= 11 is 0. The zero-order chi connectivity index (χ0) is 6.15. The van der Waals surface area contributed by atoms with Crippen LogP contribution in [-0.2, 0) is 4.74 Å². The molecule has 0 aromatic heterocycles. The lowest BCUT2D eigenvalue weighted by molar-refractivity contribution is 0.147. The van der Waals surface area contributed by atoms with Crippen molar-refractivity contribution in [1.82, 2.24) is 0 Å². The molecule has 1 amide bonds. The van der Waals surface area contributed by atoms with Gasteiger partial charge in [0, 0.05) is 12.5 Å². The van der Waals surface area contributed by atoms with E-state index in [1.54, 1.807) is 0 Å². The van der Waals surface area contributed by atoms with Gasteiger partial charge in [0.1, 0.15) is 6.10 Å². The summed E-state index contributed by atoms with van der Waals surface area (Å²) in [6.45, 7) is 0. The summed E-state index contributed by atoms with van der Waals surface area (Å²) in [6, 6.07) is 0.0301. The van der Waals surface area contributed by atoms with Crippen molar-refractivity contribution in [3.05, 3.63) is 0 Å². The van der Waals surface area contributed by atoms with Gasteiger partial charge in [-0.2, -0.15) is 0 Å². The van der Waals surface area contributed by atoms with Crippen LogP contribution in [0.5, 0.6) is 0 Å². The molecule has 2 atom stereocenters. The molecule has 0 unspecified atom stereocenters. The van der Waals surface area contributed by atoms with Crippen LogP contribution in [0.3, 0.4) is 0 Å². The Hall–Kier alpha value is -0.770. The van der Waals surface area contributed by atoms with Crippen molar-refractivity contribution in [3.63, 3.8) is 0 Å². The molecule has 4 N–H and O–H groups in total. The molecule has 46 valence electrons. The van der Waals surface area contributed by atoms with Crippen LogP contribution in [0.15, 0.2) is 0 Å². The smallest absolute Gasteiger partial charge is 0.404 e. The third kappa shape index (κ3) is 1.10. The highest BCUT2D eigenvalue weighted by Gasteiger charge is 2.36. The monoisotopic (exact) mass is 116 g/mol. The predicted octanol–water partition coefficient (Wildman–Crippen LogP) is -0.819. The van der Waals surface area contributed by atoms with Gasteiger partial charge in [0.2, 0.25) is 0 Å². The highest BCUT2D eigenvalue weighted by Crippen LogP contribution is 2.21. The quantitative estimate of drug-likeness (QED) is 0.470. The van der Waals surface area contributed by atoms with Gasteiger partial charge >= 0.3 is 6.09 Å². The van der Waals surface area contributed by atoms with E-state index < -0.39 is 6.09 Å². The van der Waals surface area contributed by atoms with E-state index in [0.717, 1.165) is 6.42 Å². The molecular formula is C4H8N2O2. The first-order valence-corrected chi connectivity index (χ1v) is 2.42. The van der Waals surface area contributed by atoms with Crippen LogP contribution in [0.25, 0.3) is 0 Å². The molecule has 1 rings (SSSR count). The molecule has 4 nitrogen and oxygen atoms in total. The second-order valence-corrected chi connectivity index (χ2v) is 1.87. The summed E-state index contributed by atoms with van der Waals surface area (Å²) in [5.74, 6) is 0. The van der Waals surface area contributed by atoms with Crippen LogP contribution < -0.4 is 11.5 Å². The fourth-order valence-corrected chi connectivity index (χ4v) is 0.474. The van der Waals surface area contributed by atoms with Crippen LogP contribution >= 0.6 is 0 Å². The fourth-order valence-electron chi connectivity index (χ4n) is 0.474. The molecule has 4 heteroatoms. The standard InChI is InChI=1S/C4H8N2O2/c5-2-1-3(2)8-4(6)7/h2-3H,1,5H2,(H2,6,7)/t2-,3-/m1/s1. The van der Waals surface area contributed by atoms with Crippen LogP contribution in [0.2, 0.25) is 0 Å². The summed E-state index contributed by atoms with van der Waals surface area (Å²) in [5, 5.41) is 0. The van der Waals surface area contributed by atoms with Crippen molar-refractivity contribution in [2.45, 2.75) is 18.6 Å². The minimum absolute atomic E-state index is 0.0301. The lowest BCUT2D eigenvalue weighted by Gasteiger charge is -1.94. The van der Waals surface area contributed by atoms with Crippen molar-refractivity contribution < 1.29 is 9.53 Å². The highest BCUT2D eigenvalue weighted by atomic mass is 16.6. The van der Waals surface area contributed by atoms with Crippen molar-refractivity contribution in [3.8, 4) is 0 Å². The average Bonchev–Trinajstić information content (AvgIpc) is 2.17. The van der Waals surface area contributed by atoms with E-state index in [1.807, 2.05) is 0 Å². The van der Waals surface area contributed by atoms with Gasteiger partial charge < -0.3 is 16.2 Å². The molecule has 0 aromatic carbocycles. The zero-order valence-corrected chi connectivity index (χ0v) is 4.33. The molecule has 0 aliphatic heterocycles. The Kier molecular flexibility index (Phi) is 1.09. The molecule has 0 radical (unpaired) electrons. The second kappa shape index (κ2) is 1.63. The predicted molar refractivity (Wildman–Crippen MR) is 27.0 cm³/mol. The first-order chi connectivity index (χ1) is 3.70. The largest absolute Gasteiger partial charge is 0.445 e. The molecule has 1 aliphatic rings. The number of carbonyl (C=O) groups is 1. The van der Waals surface area contributed by atoms with Gasteiger partial charge in [-0.3, -0.25) is 0 Å². The van der Waals surface area contributed by atoms with Crippen LogP contribution in [0.4, 0.5) is 4.79 Å². The first-order valence-electron chi connectivity index (χ1n) is 2.42. The van der Waals surface area contributed by atoms with Crippen molar-refractivity contribution >= 4 is 6.09 Å². The Morgan fingerprint density at radius 2 is 2.25 bits per heavy atom. The van der Waals surface area contributed by atoms with E-state index in [2.05, 4.69) is 10.5 Å². The second-order valence-electron chi connectivity index (χ2n) is 1.87. The number of ether oxygens (including phenoxy) is 1. The topological polar surface area (TPSA) is 78.3 Å². The third-order valence-electron chi connectivity index (χ3n) is 1.05. The molecule has 8 heavy (non-hydrogen) atoms. The zero-order valence-electron chi connectivity index (χ0n) is 4.33. The number of hydrogen-bond donors (Lipinski definition) is 2. The van der Waals surface area contributed by atoms with Gasteiger partial charge in [-0.25, -0.2) is 4.79 Å². The molecule has 0 spiro atoms. The number of primary amides is 1. The Morgan fingerprint density at radius 3 is 2.38 bits per heavy atom. The van der Waals surface area contributed by atoms with E-state index >= 15 is 0 Å². The van der Waals surface area contributed by atoms with Gasteiger partial charge in [0.15, 0.2) is 0 Å². The normalized spacial score (nSPS) is 34.1. The van der Waals surface area contributed by atoms with Crippen molar-refractivity contribution in [2.75, 3.05) is 0 Å². The van der Waals surface area contributed by atoms with Gasteiger partial charge in [0.25, 0.3) is 0 Å². The lowest BCUT2D eigenvalue weighted by atomic mass is 10.7. The molecule has 1 aliphatic carbocycles. The minimum atomic E-state index is -0.733. The van der Waals surface area contributed by atoms with E-state index in [4.69, 9.17) is 5.73 Å². The Balaban J connectivity index is 2.14. The molecule has 0 heterocycles. The van der Waals surface area contributed by atoms with E-state index in [1.165, 1.54) is 0 Å². The Morgan fingerprint density at radius 1 is 1.75 bits per heavy atom. The van der Waals surface area contributed by atoms with Gasteiger partial charge in [-0.05, 0) is 0 Å². The van der Waals surface area contributed by atoms with Gasteiger partial charge in [-0.15, -0.1) is 0 Å². The molecule has 0 saturated heterocycles. The SMILES string of the molecule is NC(=O)O[C@@H]1C[C@H]1N. The highest BCUT2D eigenvalue weighted by molar-refractivity contribution is 5.65. The number of carbonyl (C=O) groups excluding carboxylic acids is 1. The van der Waals surface area contributed by atoms with Crippen molar-refractivity contribution in [1.29, 1.82) is 0 Å². The number of amides is 1. The van der Waals surface area contributed by atoms with Crippen molar-refractivity contribution in [2.24, 2.45) is 11.5 Å². The maximum atomic E-state index is 9.94. The van der Waals surface area contributed by atoms with Gasteiger partial charge in [-0.1, -0.05) is 0 Å².